The minimum absolute atomic E-state index is 0.0750. The third-order valence-electron chi connectivity index (χ3n) is 5.14. The van der Waals surface area contributed by atoms with Gasteiger partial charge in [-0.3, -0.25) is 9.69 Å². The molecule has 0 radical (unpaired) electrons. The van der Waals surface area contributed by atoms with Gasteiger partial charge in [-0.25, -0.2) is 4.79 Å². The molecule has 1 aromatic carbocycles. The van der Waals surface area contributed by atoms with E-state index in [2.05, 4.69) is 0 Å². The Morgan fingerprint density at radius 2 is 1.73 bits per heavy atom. The minimum atomic E-state index is -0.530. The number of morpholine rings is 1. The summed E-state index contributed by atoms with van der Waals surface area (Å²) < 4.78 is 11.2. The third kappa shape index (κ3) is 3.93. The van der Waals surface area contributed by atoms with Crippen molar-refractivity contribution in [2.75, 3.05) is 13.2 Å². The number of carbonyl (C=O) groups is 2. The fourth-order valence-electron chi connectivity index (χ4n) is 4.05. The van der Waals surface area contributed by atoms with Crippen LogP contribution in [0, 0.1) is 19.8 Å². The second-order valence-corrected chi connectivity index (χ2v) is 8.58. The second kappa shape index (κ2) is 7.03. The van der Waals surface area contributed by atoms with Crippen molar-refractivity contribution in [3.05, 3.63) is 34.9 Å². The molecule has 5 nitrogen and oxygen atoms in total. The van der Waals surface area contributed by atoms with E-state index >= 15 is 0 Å². The van der Waals surface area contributed by atoms with Crippen LogP contribution in [0.2, 0.25) is 0 Å². The lowest BCUT2D eigenvalue weighted by Gasteiger charge is -2.47. The number of ether oxygens (including phenoxy) is 2. The normalized spacial score (nSPS) is 25.7. The molecular formula is C21H29NO4. The molecule has 2 saturated heterocycles. The Kier molecular flexibility index (Phi) is 5.11. The Bertz CT molecular complexity index is 692. The number of Topliss-reactive ketones (excluding diaryl/α,β-unsaturated/α-hetero) is 1. The number of carbonyl (C=O) groups excluding carboxylic acids is 2. The van der Waals surface area contributed by atoms with Gasteiger partial charge in [-0.05, 0) is 53.0 Å². The summed E-state index contributed by atoms with van der Waals surface area (Å²) in [5.41, 5.74) is 2.44. The van der Waals surface area contributed by atoms with E-state index in [0.29, 0.717) is 26.1 Å². The van der Waals surface area contributed by atoms with Crippen molar-refractivity contribution in [3.63, 3.8) is 0 Å². The van der Waals surface area contributed by atoms with Gasteiger partial charge in [0, 0.05) is 11.5 Å². The minimum Gasteiger partial charge on any atom is -0.444 e. The number of benzene rings is 1. The van der Waals surface area contributed by atoms with Crippen molar-refractivity contribution < 1.29 is 19.1 Å². The van der Waals surface area contributed by atoms with E-state index in [0.717, 1.165) is 16.7 Å². The lowest BCUT2D eigenvalue weighted by atomic mass is 9.80. The maximum atomic E-state index is 13.1. The second-order valence-electron chi connectivity index (χ2n) is 8.58. The van der Waals surface area contributed by atoms with Crippen LogP contribution in [0.1, 0.15) is 55.1 Å². The monoisotopic (exact) mass is 359 g/mol. The predicted molar refractivity (Wildman–Crippen MR) is 99.4 cm³/mol. The molecule has 1 amide bonds. The van der Waals surface area contributed by atoms with Gasteiger partial charge in [0.25, 0.3) is 0 Å². The molecule has 0 saturated carbocycles. The zero-order valence-electron chi connectivity index (χ0n) is 16.4. The molecule has 0 aliphatic carbocycles. The summed E-state index contributed by atoms with van der Waals surface area (Å²) in [6, 6.07) is 5.76. The number of fused-ring (bicyclic) bond motifs is 2. The molecule has 0 aromatic heterocycles. The van der Waals surface area contributed by atoms with Gasteiger partial charge in [0.15, 0.2) is 5.78 Å². The van der Waals surface area contributed by atoms with Gasteiger partial charge in [0.2, 0.25) is 0 Å². The van der Waals surface area contributed by atoms with Crippen molar-refractivity contribution in [3.8, 4) is 0 Å². The van der Waals surface area contributed by atoms with E-state index in [-0.39, 0.29) is 29.9 Å². The fourth-order valence-corrected chi connectivity index (χ4v) is 4.05. The van der Waals surface area contributed by atoms with Gasteiger partial charge in [0.1, 0.15) is 5.60 Å². The van der Waals surface area contributed by atoms with Gasteiger partial charge in [-0.2, -0.15) is 0 Å². The number of piperidine rings is 1. The van der Waals surface area contributed by atoms with Crippen LogP contribution in [0.15, 0.2) is 18.2 Å². The van der Waals surface area contributed by atoms with E-state index in [1.165, 1.54) is 0 Å². The molecule has 2 aliphatic rings. The molecule has 0 N–H and O–H groups in total. The van der Waals surface area contributed by atoms with Crippen molar-refractivity contribution in [2.24, 2.45) is 5.92 Å². The summed E-state index contributed by atoms with van der Waals surface area (Å²) in [6.45, 7) is 10.6. The van der Waals surface area contributed by atoms with E-state index in [9.17, 15) is 9.59 Å². The number of hydrogen-bond acceptors (Lipinski definition) is 4. The van der Waals surface area contributed by atoms with Gasteiger partial charge in [-0.1, -0.05) is 23.8 Å². The Morgan fingerprint density at radius 1 is 1.12 bits per heavy atom. The van der Waals surface area contributed by atoms with Gasteiger partial charge >= 0.3 is 6.09 Å². The first-order valence-electron chi connectivity index (χ1n) is 9.36. The molecule has 2 aliphatic heterocycles. The van der Waals surface area contributed by atoms with Crippen LogP contribution < -0.4 is 0 Å². The summed E-state index contributed by atoms with van der Waals surface area (Å²) in [5, 5.41) is 0. The van der Waals surface area contributed by atoms with E-state index < -0.39 is 5.60 Å². The number of rotatable bonds is 2. The van der Waals surface area contributed by atoms with Gasteiger partial charge in [-0.15, -0.1) is 0 Å². The maximum Gasteiger partial charge on any atom is 0.410 e. The highest BCUT2D eigenvalue weighted by Gasteiger charge is 2.45. The largest absolute Gasteiger partial charge is 0.444 e. The molecule has 2 fully saturated rings. The van der Waals surface area contributed by atoms with Crippen LogP contribution in [0.3, 0.4) is 0 Å². The van der Waals surface area contributed by atoms with Crippen molar-refractivity contribution in [2.45, 2.75) is 65.1 Å². The average Bonchev–Trinajstić information content (AvgIpc) is 2.51. The van der Waals surface area contributed by atoms with Crippen molar-refractivity contribution in [1.29, 1.82) is 0 Å². The van der Waals surface area contributed by atoms with Crippen LogP contribution in [-0.2, 0) is 9.47 Å². The number of nitrogens with zero attached hydrogens (tertiary/aromatic N) is 1. The topological polar surface area (TPSA) is 55.8 Å². The quantitative estimate of drug-likeness (QED) is 0.752. The van der Waals surface area contributed by atoms with E-state index in [1.54, 1.807) is 4.90 Å². The van der Waals surface area contributed by atoms with Crippen molar-refractivity contribution >= 4 is 11.9 Å². The Hall–Kier alpha value is -1.88. The molecule has 3 rings (SSSR count). The summed E-state index contributed by atoms with van der Waals surface area (Å²) in [5.74, 6) is 0.109. The molecule has 5 heteroatoms. The maximum absolute atomic E-state index is 13.1. The van der Waals surface area contributed by atoms with Crippen LogP contribution in [0.5, 0.6) is 0 Å². The van der Waals surface area contributed by atoms with Crippen LogP contribution >= 0.6 is 0 Å². The molecule has 2 atom stereocenters. The lowest BCUT2D eigenvalue weighted by molar-refractivity contribution is -0.0861. The summed E-state index contributed by atoms with van der Waals surface area (Å²) in [4.78, 5) is 27.5. The van der Waals surface area contributed by atoms with E-state index in [1.807, 2.05) is 52.8 Å². The number of amides is 1. The van der Waals surface area contributed by atoms with Gasteiger partial charge < -0.3 is 9.47 Å². The Labute approximate surface area is 155 Å². The molecule has 142 valence electrons. The summed E-state index contributed by atoms with van der Waals surface area (Å²) >= 11 is 0. The number of ketones is 1. The molecule has 0 spiro atoms. The summed E-state index contributed by atoms with van der Waals surface area (Å²) in [7, 11) is 0. The van der Waals surface area contributed by atoms with Gasteiger partial charge in [0.05, 0.1) is 25.3 Å². The SMILES string of the molecule is Cc1ccc(C(=O)C2CC3COCC(C2)N3C(=O)OC(C)(C)C)c(C)c1. The first-order valence-corrected chi connectivity index (χ1v) is 9.36. The number of aryl methyl sites for hydroxylation is 2. The molecule has 2 unspecified atom stereocenters. The first kappa shape index (κ1) is 18.9. The van der Waals surface area contributed by atoms with Crippen LogP contribution in [0.4, 0.5) is 4.79 Å². The van der Waals surface area contributed by atoms with Crippen LogP contribution in [0.25, 0.3) is 0 Å². The molecule has 1 aromatic rings. The highest BCUT2D eigenvalue weighted by atomic mass is 16.6. The fraction of sp³-hybridized carbons (Fsp3) is 0.619. The zero-order chi connectivity index (χ0) is 19.1. The Balaban J connectivity index is 1.77. The molecule has 2 heterocycles. The standard InChI is InChI=1S/C21H29NO4/c1-13-6-7-18(14(2)8-13)19(23)15-9-16-11-25-12-17(10-15)22(16)20(24)26-21(3,4)5/h6-8,15-17H,9-12H2,1-5H3. The number of hydrogen-bond donors (Lipinski definition) is 0. The molecule has 2 bridgehead atoms. The predicted octanol–water partition coefficient (Wildman–Crippen LogP) is 3.90. The third-order valence-corrected chi connectivity index (χ3v) is 5.14. The highest BCUT2D eigenvalue weighted by Crippen LogP contribution is 2.35. The van der Waals surface area contributed by atoms with Crippen molar-refractivity contribution in [1.82, 2.24) is 4.90 Å². The van der Waals surface area contributed by atoms with Crippen LogP contribution in [-0.4, -0.2) is 47.7 Å². The highest BCUT2D eigenvalue weighted by molar-refractivity contribution is 5.99. The Morgan fingerprint density at radius 3 is 2.27 bits per heavy atom. The van der Waals surface area contributed by atoms with E-state index in [4.69, 9.17) is 9.47 Å². The molecule has 26 heavy (non-hydrogen) atoms. The lowest BCUT2D eigenvalue weighted by Crippen LogP contribution is -2.60. The smallest absolute Gasteiger partial charge is 0.410 e. The first-order chi connectivity index (χ1) is 12.2. The zero-order valence-corrected chi connectivity index (χ0v) is 16.4. The molecular weight excluding hydrogens is 330 g/mol. The average molecular weight is 359 g/mol. The summed E-state index contributed by atoms with van der Waals surface area (Å²) in [6.07, 6.45) is 0.956.